The van der Waals surface area contributed by atoms with E-state index in [0.29, 0.717) is 34.1 Å². The number of hydrogen-bond acceptors (Lipinski definition) is 5. The molecule has 0 aliphatic heterocycles. The van der Waals surface area contributed by atoms with Crippen molar-refractivity contribution in [2.24, 2.45) is 5.73 Å². The van der Waals surface area contributed by atoms with Crippen molar-refractivity contribution in [1.82, 2.24) is 0 Å². The van der Waals surface area contributed by atoms with Gasteiger partial charge in [-0.25, -0.2) is 4.79 Å². The Hall–Kier alpha value is -4.63. The fourth-order valence-corrected chi connectivity index (χ4v) is 4.99. The molecule has 0 heterocycles. The lowest BCUT2D eigenvalue weighted by atomic mass is 9.98. The van der Waals surface area contributed by atoms with Gasteiger partial charge in [0.05, 0.1) is 10.8 Å². The Morgan fingerprint density at radius 1 is 0.842 bits per heavy atom. The number of amides is 3. The number of aromatic carboxylic acids is 1. The average molecular weight is 528 g/mol. The molecule has 1 unspecified atom stereocenters. The molecule has 4 rings (SSSR count). The molecule has 0 saturated heterocycles. The lowest BCUT2D eigenvalue weighted by molar-refractivity contribution is -0.115. The van der Waals surface area contributed by atoms with E-state index in [0.717, 1.165) is 4.90 Å². The molecule has 0 radical (unpaired) electrons. The molecule has 5 N–H and O–H groups in total. The molecule has 0 aromatic heterocycles. The van der Waals surface area contributed by atoms with E-state index in [4.69, 9.17) is 5.73 Å². The fraction of sp³-hybridized carbons (Fsp3) is 0.103. The zero-order chi connectivity index (χ0) is 27.2. The number of primary amides is 1. The van der Waals surface area contributed by atoms with E-state index < -0.39 is 23.0 Å². The summed E-state index contributed by atoms with van der Waals surface area (Å²) in [5, 5.41) is 15.9. The highest BCUT2D eigenvalue weighted by molar-refractivity contribution is 8.00. The number of carbonyl (C=O) groups excluding carboxylic acids is 3. The number of carbonyl (C=O) groups is 4. The molecule has 4 aromatic carbocycles. The molecule has 0 aliphatic rings. The Morgan fingerprint density at radius 3 is 2.13 bits per heavy atom. The Bertz CT molecular complexity index is 1530. The molecule has 3 amide bonds. The molecular weight excluding hydrogens is 502 g/mol. The number of nitrogens with one attached hydrogen (secondary N) is 2. The number of hydrogen-bond donors (Lipinski definition) is 4. The van der Waals surface area contributed by atoms with Crippen LogP contribution in [0.15, 0.2) is 89.8 Å². The minimum absolute atomic E-state index is 0.0543. The molecule has 1 atom stereocenters. The van der Waals surface area contributed by atoms with Crippen molar-refractivity contribution in [1.29, 1.82) is 0 Å². The molecule has 0 spiro atoms. The standard InChI is InChI=1S/C29H25N3O5S/c1-2-24(28(35)31-19-14-12-18(13-15-19)26(30)33)38-21-9-5-8-20(16-21)32-27(34)22-10-3-6-17-7-4-11-23(25(17)22)29(36)37/h3-16,24H,2H2,1H3,(H2,30,33)(H,31,35)(H,32,34)(H,36,37). The lowest BCUT2D eigenvalue weighted by Crippen LogP contribution is -2.24. The molecule has 9 heteroatoms. The second-order valence-electron chi connectivity index (χ2n) is 8.44. The molecule has 192 valence electrons. The van der Waals surface area contributed by atoms with E-state index in [9.17, 15) is 24.3 Å². The summed E-state index contributed by atoms with van der Waals surface area (Å²) < 4.78 is 0. The maximum atomic E-state index is 13.2. The zero-order valence-electron chi connectivity index (χ0n) is 20.4. The van der Waals surface area contributed by atoms with Gasteiger partial charge >= 0.3 is 5.97 Å². The molecule has 8 nitrogen and oxygen atoms in total. The summed E-state index contributed by atoms with van der Waals surface area (Å²) in [6.07, 6.45) is 0.556. The van der Waals surface area contributed by atoms with E-state index in [1.807, 2.05) is 13.0 Å². The van der Waals surface area contributed by atoms with Gasteiger partial charge in [-0.3, -0.25) is 14.4 Å². The van der Waals surface area contributed by atoms with Crippen LogP contribution in [0, 0.1) is 0 Å². The minimum Gasteiger partial charge on any atom is -0.478 e. The highest BCUT2D eigenvalue weighted by atomic mass is 32.2. The monoisotopic (exact) mass is 527 g/mol. The molecule has 0 saturated carbocycles. The van der Waals surface area contributed by atoms with Crippen LogP contribution in [0.3, 0.4) is 0 Å². The van der Waals surface area contributed by atoms with Crippen LogP contribution < -0.4 is 16.4 Å². The fourth-order valence-electron chi connectivity index (χ4n) is 3.98. The predicted molar refractivity (Wildman–Crippen MR) is 149 cm³/mol. The van der Waals surface area contributed by atoms with Gasteiger partial charge in [0, 0.05) is 32.8 Å². The van der Waals surface area contributed by atoms with E-state index in [1.165, 1.54) is 17.8 Å². The molecule has 0 aliphatic carbocycles. The van der Waals surface area contributed by atoms with Gasteiger partial charge in [-0.1, -0.05) is 37.3 Å². The highest BCUT2D eigenvalue weighted by Gasteiger charge is 2.20. The van der Waals surface area contributed by atoms with Gasteiger partial charge in [-0.2, -0.15) is 0 Å². The summed E-state index contributed by atoms with van der Waals surface area (Å²) in [5.74, 6) is -2.28. The number of thioether (sulfide) groups is 1. The third kappa shape index (κ3) is 6.01. The van der Waals surface area contributed by atoms with Crippen LogP contribution in [0.1, 0.15) is 44.4 Å². The Morgan fingerprint density at radius 2 is 1.50 bits per heavy atom. The average Bonchev–Trinajstić information content (AvgIpc) is 2.91. The second-order valence-corrected chi connectivity index (χ2v) is 9.72. The predicted octanol–water partition coefficient (Wildman–Crippen LogP) is 5.40. The summed E-state index contributed by atoms with van der Waals surface area (Å²) in [7, 11) is 0. The molecule has 4 aromatic rings. The summed E-state index contributed by atoms with van der Waals surface area (Å²) in [6.45, 7) is 1.90. The van der Waals surface area contributed by atoms with Crippen LogP contribution in [-0.2, 0) is 4.79 Å². The van der Waals surface area contributed by atoms with E-state index in [1.54, 1.807) is 72.8 Å². The largest absolute Gasteiger partial charge is 0.478 e. The number of nitrogens with two attached hydrogens (primary N) is 1. The smallest absolute Gasteiger partial charge is 0.336 e. The molecule has 0 bridgehead atoms. The number of fused-ring (bicyclic) bond motifs is 1. The minimum atomic E-state index is -1.11. The van der Waals surface area contributed by atoms with Gasteiger partial charge < -0.3 is 21.5 Å². The maximum Gasteiger partial charge on any atom is 0.336 e. The Balaban J connectivity index is 1.49. The van der Waals surface area contributed by atoms with E-state index in [2.05, 4.69) is 10.6 Å². The van der Waals surface area contributed by atoms with Crippen molar-refractivity contribution in [3.63, 3.8) is 0 Å². The first-order valence-corrected chi connectivity index (χ1v) is 12.7. The Labute approximate surface area is 223 Å². The summed E-state index contributed by atoms with van der Waals surface area (Å²) in [4.78, 5) is 49.8. The highest BCUT2D eigenvalue weighted by Crippen LogP contribution is 2.30. The van der Waals surface area contributed by atoms with Crippen LogP contribution in [-0.4, -0.2) is 34.0 Å². The van der Waals surface area contributed by atoms with Gasteiger partial charge in [0.25, 0.3) is 5.91 Å². The normalized spacial score (nSPS) is 11.5. The number of carboxylic acid groups (broad SMARTS) is 1. The third-order valence-corrected chi connectivity index (χ3v) is 7.21. The molecule has 38 heavy (non-hydrogen) atoms. The topological polar surface area (TPSA) is 139 Å². The first-order chi connectivity index (χ1) is 18.3. The van der Waals surface area contributed by atoms with Crippen LogP contribution >= 0.6 is 11.8 Å². The van der Waals surface area contributed by atoms with Crippen molar-refractivity contribution >= 4 is 57.6 Å². The van der Waals surface area contributed by atoms with Crippen molar-refractivity contribution < 1.29 is 24.3 Å². The number of carboxylic acids is 1. The summed E-state index contributed by atoms with van der Waals surface area (Å²) in [6, 6.07) is 23.4. The lowest BCUT2D eigenvalue weighted by Gasteiger charge is -2.16. The van der Waals surface area contributed by atoms with Crippen LogP contribution in [0.25, 0.3) is 10.8 Å². The quantitative estimate of drug-likeness (QED) is 0.215. The SMILES string of the molecule is CCC(Sc1cccc(NC(=O)c2cccc3cccc(C(=O)O)c23)c1)C(=O)Nc1ccc(C(N)=O)cc1. The van der Waals surface area contributed by atoms with Gasteiger partial charge in [0.2, 0.25) is 11.8 Å². The second kappa shape index (κ2) is 11.6. The number of rotatable bonds is 9. The summed E-state index contributed by atoms with van der Waals surface area (Å²) >= 11 is 1.35. The molecular formula is C29H25N3O5S. The van der Waals surface area contributed by atoms with Crippen molar-refractivity contribution in [2.45, 2.75) is 23.5 Å². The van der Waals surface area contributed by atoms with Gasteiger partial charge in [-0.05, 0) is 66.4 Å². The number of anilines is 2. The first-order valence-electron chi connectivity index (χ1n) is 11.8. The molecule has 0 fully saturated rings. The zero-order valence-corrected chi connectivity index (χ0v) is 21.2. The van der Waals surface area contributed by atoms with Crippen molar-refractivity contribution in [3.8, 4) is 0 Å². The van der Waals surface area contributed by atoms with Crippen LogP contribution in [0.4, 0.5) is 11.4 Å². The van der Waals surface area contributed by atoms with Crippen molar-refractivity contribution in [3.05, 3.63) is 102 Å². The summed E-state index contributed by atoms with van der Waals surface area (Å²) in [5.41, 5.74) is 6.99. The van der Waals surface area contributed by atoms with Gasteiger partial charge in [-0.15, -0.1) is 11.8 Å². The van der Waals surface area contributed by atoms with Gasteiger partial charge in [0.1, 0.15) is 0 Å². The first kappa shape index (κ1) is 26.4. The van der Waals surface area contributed by atoms with Crippen LogP contribution in [0.2, 0.25) is 0 Å². The van der Waals surface area contributed by atoms with Crippen molar-refractivity contribution in [2.75, 3.05) is 10.6 Å². The number of benzene rings is 4. The van der Waals surface area contributed by atoms with E-state index >= 15 is 0 Å². The van der Waals surface area contributed by atoms with Crippen LogP contribution in [0.5, 0.6) is 0 Å². The third-order valence-electron chi connectivity index (χ3n) is 5.85. The van der Waals surface area contributed by atoms with Gasteiger partial charge in [0.15, 0.2) is 0 Å². The Kier molecular flexibility index (Phi) is 8.08. The maximum absolute atomic E-state index is 13.2. The van der Waals surface area contributed by atoms with E-state index in [-0.39, 0.29) is 17.0 Å².